The monoisotopic (exact) mass is 232 g/mol. The minimum atomic E-state index is -0.0420. The number of benzene rings is 1. The van der Waals surface area contributed by atoms with E-state index in [-0.39, 0.29) is 5.56 Å². The lowest BCUT2D eigenvalue weighted by molar-refractivity contribution is 0.185. The fourth-order valence-corrected chi connectivity index (χ4v) is 1.88. The van der Waals surface area contributed by atoms with Crippen LogP contribution in [0.15, 0.2) is 29.1 Å². The zero-order valence-electron chi connectivity index (χ0n) is 10.0. The van der Waals surface area contributed by atoms with Crippen molar-refractivity contribution >= 4 is 0 Å². The molecule has 0 aliphatic carbocycles. The van der Waals surface area contributed by atoms with Crippen LogP contribution in [0.3, 0.4) is 0 Å². The van der Waals surface area contributed by atoms with Gasteiger partial charge in [-0.1, -0.05) is 24.3 Å². The maximum Gasteiger partial charge on any atom is 0.267 e. The highest BCUT2D eigenvalue weighted by Gasteiger charge is 2.07. The molecular weight excluding hydrogens is 216 g/mol. The second kappa shape index (κ2) is 5.01. The summed E-state index contributed by atoms with van der Waals surface area (Å²) in [5, 5.41) is 5.43. The normalized spacial score (nSPS) is 10.7. The molecule has 2 rings (SSSR count). The third kappa shape index (κ3) is 2.65. The minimum Gasteiger partial charge on any atom is -0.380 e. The van der Waals surface area contributed by atoms with Crippen LogP contribution in [0.5, 0.6) is 0 Å². The summed E-state index contributed by atoms with van der Waals surface area (Å²) in [7, 11) is 1.67. The van der Waals surface area contributed by atoms with Crippen molar-refractivity contribution in [2.75, 3.05) is 7.11 Å². The topological polar surface area (TPSA) is 57.9 Å². The Balaban J connectivity index is 2.24. The minimum absolute atomic E-state index is 0.0420. The molecule has 90 valence electrons. The second-order valence-electron chi connectivity index (χ2n) is 4.11. The second-order valence-corrected chi connectivity index (χ2v) is 4.11. The predicted octanol–water partition coefficient (Wildman–Crippen LogP) is 1.75. The van der Waals surface area contributed by atoms with Gasteiger partial charge in [-0.05, 0) is 18.1 Å². The molecule has 0 fully saturated rings. The number of ether oxygens (including phenoxy) is 1. The van der Waals surface area contributed by atoms with E-state index in [1.165, 1.54) is 0 Å². The molecule has 4 heteroatoms. The van der Waals surface area contributed by atoms with E-state index in [1.807, 2.05) is 25.1 Å². The quantitative estimate of drug-likeness (QED) is 0.843. The molecule has 0 saturated heterocycles. The molecule has 1 aromatic carbocycles. The average molecular weight is 232 g/mol. The molecular formula is C13H16N2O2. The predicted molar refractivity (Wildman–Crippen MR) is 66.1 cm³/mol. The number of hydrogen-bond acceptors (Lipinski definition) is 2. The first kappa shape index (κ1) is 11.7. The molecule has 0 unspecified atom stereocenters. The van der Waals surface area contributed by atoms with Crippen molar-refractivity contribution in [3.05, 3.63) is 57.0 Å². The summed E-state index contributed by atoms with van der Waals surface area (Å²) in [4.78, 5) is 11.5. The molecule has 1 heterocycles. The highest BCUT2D eigenvalue weighted by atomic mass is 16.5. The van der Waals surface area contributed by atoms with Crippen LogP contribution in [0.25, 0.3) is 0 Å². The first-order valence-electron chi connectivity index (χ1n) is 5.53. The molecule has 2 aromatic rings. The average Bonchev–Trinajstić information content (AvgIpc) is 2.62. The Morgan fingerprint density at radius 2 is 2.00 bits per heavy atom. The van der Waals surface area contributed by atoms with Gasteiger partial charge in [0.15, 0.2) is 0 Å². The molecule has 2 N–H and O–H groups in total. The molecule has 4 nitrogen and oxygen atoms in total. The van der Waals surface area contributed by atoms with Gasteiger partial charge in [0, 0.05) is 24.8 Å². The van der Waals surface area contributed by atoms with Gasteiger partial charge in [-0.3, -0.25) is 9.89 Å². The number of aromatic nitrogens is 2. The van der Waals surface area contributed by atoms with Gasteiger partial charge < -0.3 is 9.84 Å². The molecule has 0 aliphatic rings. The molecule has 0 bridgehead atoms. The Hall–Kier alpha value is -1.81. The van der Waals surface area contributed by atoms with Crippen LogP contribution in [0.4, 0.5) is 0 Å². The van der Waals surface area contributed by atoms with Crippen LogP contribution in [0.1, 0.15) is 22.4 Å². The summed E-state index contributed by atoms with van der Waals surface area (Å²) in [6.07, 6.45) is 0.641. The third-order valence-electron chi connectivity index (χ3n) is 2.77. The Morgan fingerprint density at radius 3 is 2.65 bits per heavy atom. The summed E-state index contributed by atoms with van der Waals surface area (Å²) in [6, 6.07) is 8.08. The number of methoxy groups -OCH3 is 1. The van der Waals surface area contributed by atoms with Crippen molar-refractivity contribution in [3.63, 3.8) is 0 Å². The van der Waals surface area contributed by atoms with Gasteiger partial charge in [-0.2, -0.15) is 0 Å². The zero-order chi connectivity index (χ0) is 12.3. The molecule has 0 aliphatic heterocycles. The van der Waals surface area contributed by atoms with E-state index in [0.717, 1.165) is 22.4 Å². The lowest BCUT2D eigenvalue weighted by Crippen LogP contribution is -2.07. The van der Waals surface area contributed by atoms with Crippen molar-refractivity contribution in [3.8, 4) is 0 Å². The number of aromatic amines is 2. The summed E-state index contributed by atoms with van der Waals surface area (Å²) in [5.74, 6) is 0. The van der Waals surface area contributed by atoms with Crippen molar-refractivity contribution in [2.45, 2.75) is 20.0 Å². The van der Waals surface area contributed by atoms with E-state index >= 15 is 0 Å². The first-order chi connectivity index (χ1) is 8.20. The van der Waals surface area contributed by atoms with Gasteiger partial charge in [-0.25, -0.2) is 0 Å². The molecule has 17 heavy (non-hydrogen) atoms. The van der Waals surface area contributed by atoms with Crippen LogP contribution >= 0.6 is 0 Å². The summed E-state index contributed by atoms with van der Waals surface area (Å²) >= 11 is 0. The number of aryl methyl sites for hydroxylation is 1. The van der Waals surface area contributed by atoms with E-state index in [9.17, 15) is 4.79 Å². The lowest BCUT2D eigenvalue weighted by Gasteiger charge is -2.03. The molecule has 0 saturated carbocycles. The van der Waals surface area contributed by atoms with Gasteiger partial charge in [0.1, 0.15) is 0 Å². The van der Waals surface area contributed by atoms with E-state index < -0.39 is 0 Å². The summed E-state index contributed by atoms with van der Waals surface area (Å²) < 4.78 is 5.09. The van der Waals surface area contributed by atoms with Crippen LogP contribution in [0.2, 0.25) is 0 Å². The standard InChI is InChI=1S/C13H16N2O2/c1-9-12(13(16)15-14-9)7-10-4-3-5-11(6-10)8-17-2/h3-6H,7-8H2,1-2H3,(H2,14,15,16). The Bertz CT molecular complexity index is 555. The summed E-state index contributed by atoms with van der Waals surface area (Å²) in [5.41, 5.74) is 3.88. The van der Waals surface area contributed by atoms with Crippen molar-refractivity contribution in [1.29, 1.82) is 0 Å². The maximum atomic E-state index is 11.5. The lowest BCUT2D eigenvalue weighted by atomic mass is 10.0. The van der Waals surface area contributed by atoms with E-state index in [1.54, 1.807) is 7.11 Å². The van der Waals surface area contributed by atoms with Crippen molar-refractivity contribution in [1.82, 2.24) is 10.2 Å². The molecule has 0 amide bonds. The fourth-order valence-electron chi connectivity index (χ4n) is 1.88. The van der Waals surface area contributed by atoms with E-state index in [2.05, 4.69) is 16.3 Å². The highest BCUT2D eigenvalue weighted by molar-refractivity contribution is 5.29. The molecule has 1 aromatic heterocycles. The summed E-state index contributed by atoms with van der Waals surface area (Å²) in [6.45, 7) is 2.49. The number of nitrogens with one attached hydrogen (secondary N) is 2. The van der Waals surface area contributed by atoms with Crippen LogP contribution < -0.4 is 5.56 Å². The molecule has 0 spiro atoms. The SMILES string of the molecule is COCc1cccc(Cc2c(C)[nH][nH]c2=O)c1. The van der Waals surface area contributed by atoms with Crippen molar-refractivity contribution < 1.29 is 4.74 Å². The molecule has 0 atom stereocenters. The first-order valence-corrected chi connectivity index (χ1v) is 5.53. The van der Waals surface area contributed by atoms with Crippen LogP contribution in [0, 0.1) is 6.92 Å². The largest absolute Gasteiger partial charge is 0.380 e. The van der Waals surface area contributed by atoms with E-state index in [0.29, 0.717) is 13.0 Å². The maximum absolute atomic E-state index is 11.5. The fraction of sp³-hybridized carbons (Fsp3) is 0.308. The number of hydrogen-bond donors (Lipinski definition) is 2. The molecule has 0 radical (unpaired) electrons. The van der Waals surface area contributed by atoms with Crippen LogP contribution in [-0.2, 0) is 17.8 Å². The zero-order valence-corrected chi connectivity index (χ0v) is 10.0. The van der Waals surface area contributed by atoms with E-state index in [4.69, 9.17) is 4.74 Å². The third-order valence-corrected chi connectivity index (χ3v) is 2.77. The number of rotatable bonds is 4. The van der Waals surface area contributed by atoms with Gasteiger partial charge in [0.2, 0.25) is 0 Å². The smallest absolute Gasteiger partial charge is 0.267 e. The number of H-pyrrole nitrogens is 2. The highest BCUT2D eigenvalue weighted by Crippen LogP contribution is 2.11. The Labute approximate surface area is 99.6 Å². The van der Waals surface area contributed by atoms with Gasteiger partial charge in [0.25, 0.3) is 5.56 Å². The van der Waals surface area contributed by atoms with Crippen molar-refractivity contribution in [2.24, 2.45) is 0 Å². The Kier molecular flexibility index (Phi) is 3.44. The van der Waals surface area contributed by atoms with Crippen LogP contribution in [-0.4, -0.2) is 17.3 Å². The Morgan fingerprint density at radius 1 is 1.24 bits per heavy atom. The van der Waals surface area contributed by atoms with Gasteiger partial charge in [0.05, 0.1) is 6.61 Å². The van der Waals surface area contributed by atoms with Gasteiger partial charge in [-0.15, -0.1) is 0 Å². The van der Waals surface area contributed by atoms with Gasteiger partial charge >= 0.3 is 0 Å².